The van der Waals surface area contributed by atoms with E-state index in [9.17, 15) is 4.79 Å². The minimum Gasteiger partial charge on any atom is -0.465 e. The first kappa shape index (κ1) is 12.8. The lowest BCUT2D eigenvalue weighted by Gasteiger charge is -2.10. The number of hydrogen-bond donors (Lipinski definition) is 0. The van der Waals surface area contributed by atoms with Crippen LogP contribution in [0.15, 0.2) is 0 Å². The lowest BCUT2D eigenvalue weighted by atomic mass is 10.1. The summed E-state index contributed by atoms with van der Waals surface area (Å²) in [5.74, 6) is 0.438. The molecule has 0 aromatic rings. The van der Waals surface area contributed by atoms with E-state index in [1.807, 2.05) is 20.8 Å². The van der Waals surface area contributed by atoms with Crippen molar-refractivity contribution in [2.75, 3.05) is 6.61 Å². The van der Waals surface area contributed by atoms with Crippen LogP contribution in [-0.2, 0) is 19.1 Å². The van der Waals surface area contributed by atoms with E-state index in [4.69, 9.17) is 14.3 Å². The Bertz CT molecular complexity index is 222. The van der Waals surface area contributed by atoms with Gasteiger partial charge in [-0.1, -0.05) is 13.8 Å². The summed E-state index contributed by atoms with van der Waals surface area (Å²) in [7, 11) is 0. The van der Waals surface area contributed by atoms with Gasteiger partial charge < -0.3 is 4.74 Å². The molecule has 1 fully saturated rings. The lowest BCUT2D eigenvalue weighted by Crippen LogP contribution is -2.18. The minimum atomic E-state index is -0.116. The highest BCUT2D eigenvalue weighted by Crippen LogP contribution is 2.45. The van der Waals surface area contributed by atoms with E-state index in [0.29, 0.717) is 12.5 Å². The molecule has 0 aromatic heterocycles. The Morgan fingerprint density at radius 2 is 1.86 bits per heavy atom. The number of hydrogen-bond acceptors (Lipinski definition) is 4. The summed E-state index contributed by atoms with van der Waals surface area (Å²) in [5, 5.41) is 0. The second-order valence-corrected chi connectivity index (χ2v) is 4.14. The highest BCUT2D eigenvalue weighted by molar-refractivity contribution is 5.79. The number of ether oxygens (including phenoxy) is 1. The van der Waals surface area contributed by atoms with Gasteiger partial charge in [-0.25, -0.2) is 0 Å². The normalized spacial score (nSPS) is 16.3. The molecule has 0 N–H and O–H groups in total. The molecule has 0 unspecified atom stereocenters. The van der Waals surface area contributed by atoms with Crippen molar-refractivity contribution in [3.63, 3.8) is 0 Å². The average molecular weight is 200 g/mol. The van der Waals surface area contributed by atoms with E-state index in [1.165, 1.54) is 0 Å². The van der Waals surface area contributed by atoms with E-state index < -0.39 is 0 Å². The fourth-order valence-electron chi connectivity index (χ4n) is 0.808. The van der Waals surface area contributed by atoms with Gasteiger partial charge in [0.05, 0.1) is 12.0 Å². The Labute approximate surface area is 83.6 Å². The van der Waals surface area contributed by atoms with Gasteiger partial charge in [0.1, 0.15) is 0 Å². The van der Waals surface area contributed by atoms with Gasteiger partial charge in [-0.2, -0.15) is 9.59 Å². The van der Waals surface area contributed by atoms with E-state index in [2.05, 4.69) is 0 Å². The Hall–Kier alpha value is -1.15. The first-order valence-electron chi connectivity index (χ1n) is 4.63. The summed E-state index contributed by atoms with van der Waals surface area (Å²) in [5.41, 5.74) is -0.116. The van der Waals surface area contributed by atoms with Crippen molar-refractivity contribution >= 4 is 12.1 Å². The molecule has 1 aliphatic carbocycles. The zero-order valence-electron chi connectivity index (χ0n) is 8.83. The van der Waals surface area contributed by atoms with E-state index >= 15 is 0 Å². The molecular weight excluding hydrogens is 184 g/mol. The fraction of sp³-hybridized carbons (Fsp3) is 0.800. The molecule has 4 heteroatoms. The molecule has 1 saturated carbocycles. The summed E-state index contributed by atoms with van der Waals surface area (Å²) in [6, 6.07) is 0. The zero-order chi connectivity index (χ0) is 11.2. The van der Waals surface area contributed by atoms with Crippen LogP contribution in [0.1, 0.15) is 33.6 Å². The number of carbonyl (C=O) groups excluding carboxylic acids is 3. The van der Waals surface area contributed by atoms with Gasteiger partial charge in [0.25, 0.3) is 0 Å². The standard InChI is InChI=1S/C9H16O2.CO2/c1-7(2)6-11-8(10)9(3)4-5-9;2-1-3/h7H,4-6H2,1-3H3;. The summed E-state index contributed by atoms with van der Waals surface area (Å²) in [6.45, 7) is 6.62. The quantitative estimate of drug-likeness (QED) is 0.646. The molecule has 0 radical (unpaired) electrons. The van der Waals surface area contributed by atoms with Crippen LogP contribution in [0.3, 0.4) is 0 Å². The molecular formula is C10H16O4. The van der Waals surface area contributed by atoms with Crippen molar-refractivity contribution in [2.24, 2.45) is 11.3 Å². The van der Waals surface area contributed by atoms with Gasteiger partial charge in [-0.05, 0) is 25.7 Å². The molecule has 1 aliphatic rings. The second-order valence-electron chi connectivity index (χ2n) is 4.14. The first-order chi connectivity index (χ1) is 6.46. The molecule has 0 atom stereocenters. The highest BCUT2D eigenvalue weighted by atomic mass is 16.5. The van der Waals surface area contributed by atoms with Gasteiger partial charge in [0.2, 0.25) is 0 Å². The number of carbonyl (C=O) groups is 1. The maximum absolute atomic E-state index is 11.2. The second kappa shape index (κ2) is 5.55. The molecule has 0 bridgehead atoms. The molecule has 0 saturated heterocycles. The van der Waals surface area contributed by atoms with Crippen LogP contribution in [0.25, 0.3) is 0 Å². The molecule has 1 rings (SSSR count). The van der Waals surface area contributed by atoms with Crippen molar-refractivity contribution in [1.82, 2.24) is 0 Å². The predicted octanol–water partition coefficient (Wildman–Crippen LogP) is 1.40. The van der Waals surface area contributed by atoms with Crippen molar-refractivity contribution in [1.29, 1.82) is 0 Å². The molecule has 0 amide bonds. The van der Waals surface area contributed by atoms with E-state index in [0.717, 1.165) is 12.8 Å². The SMILES string of the molecule is CC(C)COC(=O)C1(C)CC1.O=C=O. The van der Waals surface area contributed by atoms with E-state index in [1.54, 1.807) is 0 Å². The van der Waals surface area contributed by atoms with Gasteiger partial charge in [-0.3, -0.25) is 4.79 Å². The van der Waals surface area contributed by atoms with Gasteiger partial charge >= 0.3 is 12.1 Å². The molecule has 0 spiro atoms. The Balaban J connectivity index is 0.000000500. The van der Waals surface area contributed by atoms with Gasteiger partial charge in [0.15, 0.2) is 0 Å². The van der Waals surface area contributed by atoms with Crippen molar-refractivity contribution in [3.8, 4) is 0 Å². The van der Waals surface area contributed by atoms with Crippen LogP contribution in [0.5, 0.6) is 0 Å². The smallest absolute Gasteiger partial charge is 0.373 e. The zero-order valence-corrected chi connectivity index (χ0v) is 8.83. The fourth-order valence-corrected chi connectivity index (χ4v) is 0.808. The molecule has 4 nitrogen and oxygen atoms in total. The number of rotatable bonds is 3. The minimum absolute atomic E-state index is 0.00815. The first-order valence-corrected chi connectivity index (χ1v) is 4.63. The van der Waals surface area contributed by atoms with E-state index in [-0.39, 0.29) is 17.5 Å². The summed E-state index contributed by atoms with van der Waals surface area (Å²) >= 11 is 0. The Morgan fingerprint density at radius 3 is 2.14 bits per heavy atom. The predicted molar refractivity (Wildman–Crippen MR) is 48.1 cm³/mol. The van der Waals surface area contributed by atoms with Crippen LogP contribution >= 0.6 is 0 Å². The van der Waals surface area contributed by atoms with Crippen molar-refractivity contribution in [3.05, 3.63) is 0 Å². The molecule has 0 heterocycles. The third kappa shape index (κ3) is 4.77. The highest BCUT2D eigenvalue weighted by Gasteiger charge is 2.46. The Morgan fingerprint density at radius 1 is 1.43 bits per heavy atom. The van der Waals surface area contributed by atoms with Crippen LogP contribution in [-0.4, -0.2) is 18.7 Å². The monoisotopic (exact) mass is 200 g/mol. The van der Waals surface area contributed by atoms with Crippen LogP contribution in [0, 0.1) is 11.3 Å². The topological polar surface area (TPSA) is 60.4 Å². The molecule has 0 aromatic carbocycles. The van der Waals surface area contributed by atoms with Crippen LogP contribution in [0.4, 0.5) is 0 Å². The van der Waals surface area contributed by atoms with Gasteiger partial charge in [-0.15, -0.1) is 0 Å². The molecule has 0 aliphatic heterocycles. The average Bonchev–Trinajstić information content (AvgIpc) is 2.82. The maximum atomic E-state index is 11.2. The molecule has 80 valence electrons. The molecule has 14 heavy (non-hydrogen) atoms. The third-order valence-corrected chi connectivity index (χ3v) is 2.04. The summed E-state index contributed by atoms with van der Waals surface area (Å²) in [6.07, 6.45) is 2.26. The van der Waals surface area contributed by atoms with Crippen molar-refractivity contribution in [2.45, 2.75) is 33.6 Å². The van der Waals surface area contributed by atoms with Crippen LogP contribution < -0.4 is 0 Å². The van der Waals surface area contributed by atoms with Crippen LogP contribution in [0.2, 0.25) is 0 Å². The van der Waals surface area contributed by atoms with Gasteiger partial charge in [0, 0.05) is 0 Å². The third-order valence-electron chi connectivity index (χ3n) is 2.04. The largest absolute Gasteiger partial charge is 0.465 e. The maximum Gasteiger partial charge on any atom is 0.373 e. The number of esters is 1. The summed E-state index contributed by atoms with van der Waals surface area (Å²) < 4.78 is 5.09. The lowest BCUT2D eigenvalue weighted by molar-refractivity contribution is -0.191. The summed E-state index contributed by atoms with van der Waals surface area (Å²) in [4.78, 5) is 27.5. The Kier molecular flexibility index (Phi) is 5.10. The van der Waals surface area contributed by atoms with Crippen molar-refractivity contribution < 1.29 is 19.1 Å².